The number of aromatic amines is 1. The summed E-state index contributed by atoms with van der Waals surface area (Å²) >= 11 is 0. The second-order valence-corrected chi connectivity index (χ2v) is 7.35. The van der Waals surface area contributed by atoms with Crippen molar-refractivity contribution in [3.8, 4) is 0 Å². The molecule has 1 atom stereocenters. The SMILES string of the molecule is CC1/C=C\C=C/CC(C)(C)c2cc3[nH]c4ccccc4c3cc21. The van der Waals surface area contributed by atoms with Gasteiger partial charge in [-0.25, -0.2) is 0 Å². The van der Waals surface area contributed by atoms with Gasteiger partial charge in [0.05, 0.1) is 0 Å². The van der Waals surface area contributed by atoms with Crippen LogP contribution in [0.1, 0.15) is 44.2 Å². The normalized spacial score (nSPS) is 23.0. The van der Waals surface area contributed by atoms with Gasteiger partial charge in [0.25, 0.3) is 0 Å². The molecule has 1 aliphatic carbocycles. The van der Waals surface area contributed by atoms with E-state index in [0.29, 0.717) is 5.92 Å². The van der Waals surface area contributed by atoms with Crippen molar-refractivity contribution in [2.45, 2.75) is 38.5 Å². The smallest absolute Gasteiger partial charge is 0.0468 e. The number of rotatable bonds is 0. The van der Waals surface area contributed by atoms with E-state index in [4.69, 9.17) is 0 Å². The standard InChI is InChI=1S/C22H23N/c1-15-9-5-4-8-12-22(2,3)19-14-21-18(13-17(15)19)16-10-6-7-11-20(16)23-21/h4-11,13-15,23H,12H2,1-3H3/b8-4-,9-5-. The van der Waals surface area contributed by atoms with Crippen LogP contribution in [0.5, 0.6) is 0 Å². The highest BCUT2D eigenvalue weighted by Crippen LogP contribution is 2.39. The molecule has 1 N–H and O–H groups in total. The van der Waals surface area contributed by atoms with Crippen LogP contribution in [0.15, 0.2) is 60.7 Å². The number of benzene rings is 2. The molecule has 4 rings (SSSR count). The number of hydrogen-bond acceptors (Lipinski definition) is 0. The molecule has 1 nitrogen and oxygen atoms in total. The monoisotopic (exact) mass is 301 g/mol. The Labute approximate surface area is 137 Å². The van der Waals surface area contributed by atoms with Crippen molar-refractivity contribution in [2.75, 3.05) is 0 Å². The Morgan fingerprint density at radius 3 is 2.70 bits per heavy atom. The van der Waals surface area contributed by atoms with Crippen LogP contribution in [0.3, 0.4) is 0 Å². The molecule has 2 aromatic carbocycles. The highest BCUT2D eigenvalue weighted by Gasteiger charge is 2.25. The summed E-state index contributed by atoms with van der Waals surface area (Å²) in [5.74, 6) is 0.421. The fraction of sp³-hybridized carbons (Fsp3) is 0.273. The minimum absolute atomic E-state index is 0.137. The molecular weight excluding hydrogens is 278 g/mol. The van der Waals surface area contributed by atoms with Gasteiger partial charge in [0.15, 0.2) is 0 Å². The quantitative estimate of drug-likeness (QED) is 0.507. The Morgan fingerprint density at radius 1 is 1.00 bits per heavy atom. The lowest BCUT2D eigenvalue weighted by Crippen LogP contribution is -2.19. The third-order valence-corrected chi connectivity index (χ3v) is 5.17. The van der Waals surface area contributed by atoms with E-state index in [1.165, 1.54) is 32.9 Å². The van der Waals surface area contributed by atoms with Gasteiger partial charge in [-0.15, -0.1) is 0 Å². The number of aromatic nitrogens is 1. The first-order chi connectivity index (χ1) is 11.1. The lowest BCUT2D eigenvalue weighted by Gasteiger charge is -2.28. The fourth-order valence-electron chi connectivity index (χ4n) is 3.76. The van der Waals surface area contributed by atoms with E-state index in [2.05, 4.69) is 86.5 Å². The summed E-state index contributed by atoms with van der Waals surface area (Å²) in [6.07, 6.45) is 10.0. The summed E-state index contributed by atoms with van der Waals surface area (Å²) in [4.78, 5) is 3.60. The highest BCUT2D eigenvalue weighted by molar-refractivity contribution is 6.07. The largest absolute Gasteiger partial charge is 0.355 e. The topological polar surface area (TPSA) is 15.8 Å². The van der Waals surface area contributed by atoms with E-state index < -0.39 is 0 Å². The van der Waals surface area contributed by atoms with Gasteiger partial charge in [0.1, 0.15) is 0 Å². The van der Waals surface area contributed by atoms with Gasteiger partial charge in [0, 0.05) is 21.8 Å². The van der Waals surface area contributed by atoms with Crippen LogP contribution in [0.2, 0.25) is 0 Å². The van der Waals surface area contributed by atoms with E-state index in [1.807, 2.05) is 0 Å². The average Bonchev–Trinajstić information content (AvgIpc) is 2.91. The van der Waals surface area contributed by atoms with Crippen LogP contribution in [0, 0.1) is 0 Å². The van der Waals surface area contributed by atoms with E-state index in [9.17, 15) is 0 Å². The summed E-state index contributed by atoms with van der Waals surface area (Å²) in [5.41, 5.74) is 5.51. The molecule has 1 heteroatoms. The number of H-pyrrole nitrogens is 1. The van der Waals surface area contributed by atoms with Gasteiger partial charge in [-0.1, -0.05) is 63.3 Å². The third-order valence-electron chi connectivity index (χ3n) is 5.17. The molecule has 0 bridgehead atoms. The van der Waals surface area contributed by atoms with Crippen molar-refractivity contribution in [3.63, 3.8) is 0 Å². The zero-order chi connectivity index (χ0) is 16.0. The van der Waals surface area contributed by atoms with Gasteiger partial charge in [-0.3, -0.25) is 0 Å². The van der Waals surface area contributed by atoms with E-state index in [1.54, 1.807) is 0 Å². The van der Waals surface area contributed by atoms with Crippen molar-refractivity contribution in [3.05, 3.63) is 71.8 Å². The molecule has 0 radical (unpaired) electrons. The van der Waals surface area contributed by atoms with Gasteiger partial charge in [0.2, 0.25) is 0 Å². The molecule has 0 aliphatic heterocycles. The summed E-state index contributed by atoms with van der Waals surface area (Å²) in [6, 6.07) is 13.4. The van der Waals surface area contributed by atoms with Gasteiger partial charge in [-0.05, 0) is 47.1 Å². The molecule has 23 heavy (non-hydrogen) atoms. The van der Waals surface area contributed by atoms with Gasteiger partial charge >= 0.3 is 0 Å². The Morgan fingerprint density at radius 2 is 1.83 bits per heavy atom. The van der Waals surface area contributed by atoms with Crippen molar-refractivity contribution in [2.24, 2.45) is 0 Å². The van der Waals surface area contributed by atoms with Crippen LogP contribution in [0.25, 0.3) is 21.8 Å². The van der Waals surface area contributed by atoms with Crippen LogP contribution >= 0.6 is 0 Å². The summed E-state index contributed by atoms with van der Waals surface area (Å²) in [5, 5.41) is 2.65. The Balaban J connectivity index is 2.07. The Bertz CT molecular complexity index is 937. The van der Waals surface area contributed by atoms with Gasteiger partial charge < -0.3 is 4.98 Å². The van der Waals surface area contributed by atoms with Crippen molar-refractivity contribution >= 4 is 21.8 Å². The number of nitrogens with one attached hydrogen (secondary N) is 1. The zero-order valence-corrected chi connectivity index (χ0v) is 14.1. The first kappa shape index (κ1) is 14.3. The minimum atomic E-state index is 0.137. The molecule has 0 amide bonds. The van der Waals surface area contributed by atoms with Crippen LogP contribution in [-0.4, -0.2) is 4.98 Å². The van der Waals surface area contributed by atoms with E-state index in [0.717, 1.165) is 6.42 Å². The molecule has 0 saturated carbocycles. The first-order valence-electron chi connectivity index (χ1n) is 8.44. The van der Waals surface area contributed by atoms with Crippen molar-refractivity contribution < 1.29 is 0 Å². The number of fused-ring (bicyclic) bond motifs is 4. The summed E-state index contributed by atoms with van der Waals surface area (Å²) in [6.45, 7) is 7.00. The summed E-state index contributed by atoms with van der Waals surface area (Å²) in [7, 11) is 0. The molecule has 116 valence electrons. The Hall–Kier alpha value is -2.28. The summed E-state index contributed by atoms with van der Waals surface area (Å²) < 4.78 is 0. The molecule has 3 aromatic rings. The fourth-order valence-corrected chi connectivity index (χ4v) is 3.76. The zero-order valence-electron chi connectivity index (χ0n) is 14.1. The molecule has 1 aromatic heterocycles. The van der Waals surface area contributed by atoms with Crippen molar-refractivity contribution in [1.82, 2.24) is 4.98 Å². The van der Waals surface area contributed by atoms with Crippen LogP contribution in [-0.2, 0) is 5.41 Å². The second kappa shape index (κ2) is 5.13. The maximum Gasteiger partial charge on any atom is 0.0468 e. The number of hydrogen-bond donors (Lipinski definition) is 1. The van der Waals surface area contributed by atoms with Crippen molar-refractivity contribution in [1.29, 1.82) is 0 Å². The molecule has 1 aliphatic rings. The van der Waals surface area contributed by atoms with Crippen LogP contribution < -0.4 is 0 Å². The minimum Gasteiger partial charge on any atom is -0.355 e. The predicted octanol–water partition coefficient (Wildman–Crippen LogP) is 6.22. The number of para-hydroxylation sites is 1. The maximum absolute atomic E-state index is 3.60. The molecular formula is C22H23N. The molecule has 1 heterocycles. The first-order valence-corrected chi connectivity index (χ1v) is 8.44. The molecule has 0 spiro atoms. The molecule has 0 fully saturated rings. The third kappa shape index (κ3) is 2.31. The molecule has 0 saturated heterocycles. The average molecular weight is 301 g/mol. The number of allylic oxidation sites excluding steroid dienone is 4. The molecule has 1 unspecified atom stereocenters. The lowest BCUT2D eigenvalue weighted by atomic mass is 9.76. The van der Waals surface area contributed by atoms with E-state index in [-0.39, 0.29) is 5.41 Å². The van der Waals surface area contributed by atoms with E-state index >= 15 is 0 Å². The lowest BCUT2D eigenvalue weighted by molar-refractivity contribution is 0.528. The second-order valence-electron chi connectivity index (χ2n) is 7.35. The maximum atomic E-state index is 3.60. The highest BCUT2D eigenvalue weighted by atomic mass is 14.7. The van der Waals surface area contributed by atoms with Crippen LogP contribution in [0.4, 0.5) is 0 Å². The Kier molecular flexibility index (Phi) is 3.19. The van der Waals surface area contributed by atoms with Gasteiger partial charge in [-0.2, -0.15) is 0 Å². The predicted molar refractivity (Wildman–Crippen MR) is 100 cm³/mol.